The highest BCUT2D eigenvalue weighted by atomic mass is 19.4. The van der Waals surface area contributed by atoms with Gasteiger partial charge in [0.1, 0.15) is 11.4 Å². The Kier molecular flexibility index (Phi) is 5.41. The van der Waals surface area contributed by atoms with Gasteiger partial charge in [0.15, 0.2) is 0 Å². The first kappa shape index (κ1) is 22.5. The molecule has 2 heterocycles. The van der Waals surface area contributed by atoms with E-state index in [1.807, 2.05) is 36.4 Å². The van der Waals surface area contributed by atoms with Crippen molar-refractivity contribution >= 4 is 23.3 Å². The number of nitrogens with zero attached hydrogens (tertiary/aromatic N) is 2. The zero-order valence-electron chi connectivity index (χ0n) is 17.9. The Balaban J connectivity index is 1.41. The largest absolute Gasteiger partial charge is 0.433 e. The van der Waals surface area contributed by atoms with Crippen LogP contribution in [0.4, 0.5) is 26.3 Å². The number of hydrogen-bond donors (Lipinski definition) is 2. The fraction of sp³-hybridized carbons (Fsp3) is 0.333. The van der Waals surface area contributed by atoms with E-state index in [9.17, 15) is 26.3 Å². The van der Waals surface area contributed by atoms with Gasteiger partial charge in [0, 0.05) is 11.1 Å². The van der Waals surface area contributed by atoms with Crippen LogP contribution in [0.2, 0.25) is 0 Å². The summed E-state index contributed by atoms with van der Waals surface area (Å²) < 4.78 is 79.2. The Morgan fingerprint density at radius 2 is 1.00 bits per heavy atom. The first-order chi connectivity index (χ1) is 16.1. The van der Waals surface area contributed by atoms with Crippen LogP contribution in [0, 0.1) is 0 Å². The molecular weight excluding hydrogens is 458 g/mol. The topological polar surface area (TPSA) is 57.4 Å². The molecule has 0 atom stereocenters. The fourth-order valence-electron chi connectivity index (χ4n) is 4.74. The predicted octanol–water partition coefficient (Wildman–Crippen LogP) is 6.92. The maximum atomic E-state index is 13.2. The summed E-state index contributed by atoms with van der Waals surface area (Å²) in [6.45, 7) is 0. The zero-order chi connectivity index (χ0) is 24.1. The molecule has 0 amide bonds. The van der Waals surface area contributed by atoms with Crippen molar-refractivity contribution in [1.29, 1.82) is 0 Å². The number of alkyl halides is 6. The monoisotopic (exact) mass is 478 g/mol. The van der Waals surface area contributed by atoms with Crippen LogP contribution in [0.3, 0.4) is 0 Å². The lowest BCUT2D eigenvalue weighted by atomic mass is 9.89. The summed E-state index contributed by atoms with van der Waals surface area (Å²) in [5.74, 6) is 0. The predicted molar refractivity (Wildman–Crippen MR) is 115 cm³/mol. The number of benzene rings is 1. The van der Waals surface area contributed by atoms with Gasteiger partial charge in [0.25, 0.3) is 0 Å². The van der Waals surface area contributed by atoms with E-state index in [1.54, 1.807) is 0 Å². The fourth-order valence-corrected chi connectivity index (χ4v) is 4.74. The first-order valence-electron chi connectivity index (χ1n) is 10.9. The SMILES string of the molecule is FC(F)(F)c1[nH]nc2c1CCC/C2=C/c1ccc(/C=C2\CCCc3c2n[nH]c3C(F)(F)F)cc1. The zero-order valence-corrected chi connectivity index (χ0v) is 17.9. The minimum atomic E-state index is -4.47. The van der Waals surface area contributed by atoms with Gasteiger partial charge in [0.2, 0.25) is 0 Å². The Labute approximate surface area is 190 Å². The van der Waals surface area contributed by atoms with Crippen LogP contribution in [0.25, 0.3) is 23.3 Å². The number of fused-ring (bicyclic) bond motifs is 2. The molecule has 2 aromatic heterocycles. The normalized spacial score (nSPS) is 18.9. The van der Waals surface area contributed by atoms with Gasteiger partial charge in [-0.15, -0.1) is 0 Å². The van der Waals surface area contributed by atoms with Crippen molar-refractivity contribution in [3.8, 4) is 0 Å². The van der Waals surface area contributed by atoms with Gasteiger partial charge in [-0.25, -0.2) is 0 Å². The van der Waals surface area contributed by atoms with Gasteiger partial charge in [-0.3, -0.25) is 10.2 Å². The first-order valence-corrected chi connectivity index (χ1v) is 10.9. The number of rotatable bonds is 2. The van der Waals surface area contributed by atoms with Crippen LogP contribution in [0.1, 0.15) is 70.7 Å². The van der Waals surface area contributed by atoms with Gasteiger partial charge in [-0.1, -0.05) is 24.3 Å². The van der Waals surface area contributed by atoms with Crippen molar-refractivity contribution in [2.24, 2.45) is 0 Å². The molecule has 3 aromatic rings. The van der Waals surface area contributed by atoms with Gasteiger partial charge in [-0.05, 0) is 73.0 Å². The van der Waals surface area contributed by atoms with Crippen LogP contribution in [0.5, 0.6) is 0 Å². The van der Waals surface area contributed by atoms with Crippen LogP contribution in [-0.4, -0.2) is 20.4 Å². The third kappa shape index (κ3) is 4.17. The third-order valence-corrected chi connectivity index (χ3v) is 6.27. The lowest BCUT2D eigenvalue weighted by Crippen LogP contribution is -2.11. The van der Waals surface area contributed by atoms with E-state index in [0.717, 1.165) is 22.3 Å². The van der Waals surface area contributed by atoms with Gasteiger partial charge < -0.3 is 0 Å². The average Bonchev–Trinajstić information content (AvgIpc) is 3.40. The van der Waals surface area contributed by atoms with Crippen molar-refractivity contribution < 1.29 is 26.3 Å². The van der Waals surface area contributed by atoms with E-state index in [1.165, 1.54) is 0 Å². The second-order valence-electron chi connectivity index (χ2n) is 8.56. The minimum absolute atomic E-state index is 0.205. The lowest BCUT2D eigenvalue weighted by Gasteiger charge is -2.16. The second kappa shape index (κ2) is 8.18. The molecule has 4 nitrogen and oxygen atoms in total. The highest BCUT2D eigenvalue weighted by molar-refractivity contribution is 5.84. The van der Waals surface area contributed by atoms with E-state index in [0.29, 0.717) is 49.9 Å². The molecule has 0 saturated heterocycles. The number of halogens is 6. The van der Waals surface area contributed by atoms with E-state index in [-0.39, 0.29) is 11.1 Å². The van der Waals surface area contributed by atoms with Crippen LogP contribution in [-0.2, 0) is 25.2 Å². The minimum Gasteiger partial charge on any atom is -0.273 e. The van der Waals surface area contributed by atoms with Crippen molar-refractivity contribution in [3.05, 3.63) is 69.3 Å². The Morgan fingerprint density at radius 1 is 0.618 bits per heavy atom. The molecule has 0 bridgehead atoms. The van der Waals surface area contributed by atoms with Crippen molar-refractivity contribution in [3.63, 3.8) is 0 Å². The molecule has 2 aliphatic rings. The second-order valence-corrected chi connectivity index (χ2v) is 8.56. The number of aromatic amines is 2. The van der Waals surface area contributed by atoms with Crippen LogP contribution >= 0.6 is 0 Å². The number of hydrogen-bond acceptors (Lipinski definition) is 2. The average molecular weight is 478 g/mol. The number of allylic oxidation sites excluding steroid dienone is 2. The van der Waals surface area contributed by atoms with Crippen LogP contribution < -0.4 is 0 Å². The van der Waals surface area contributed by atoms with Crippen molar-refractivity contribution in [1.82, 2.24) is 20.4 Å². The number of H-pyrrole nitrogens is 2. The molecule has 2 N–H and O–H groups in total. The highest BCUT2D eigenvalue weighted by Gasteiger charge is 2.39. The maximum absolute atomic E-state index is 13.2. The molecule has 1 aromatic carbocycles. The van der Waals surface area contributed by atoms with Crippen molar-refractivity contribution in [2.45, 2.75) is 50.9 Å². The molecule has 10 heteroatoms. The standard InChI is InChI=1S/C24H20F6N4/c25-23(26,27)21-17-5-1-3-15(19(17)31-33-21)11-13-7-9-14(10-8-13)12-16-4-2-6-18-20(16)32-34-22(18)24(28,29)30/h7-12H,1-6H2,(H,31,33)(H,32,34)/b15-11-,16-12+. The molecular formula is C24H20F6N4. The smallest absolute Gasteiger partial charge is 0.273 e. The van der Waals surface area contributed by atoms with E-state index in [2.05, 4.69) is 20.4 Å². The molecule has 178 valence electrons. The maximum Gasteiger partial charge on any atom is 0.433 e. The van der Waals surface area contributed by atoms with E-state index >= 15 is 0 Å². The molecule has 0 spiro atoms. The molecule has 5 rings (SSSR count). The summed E-state index contributed by atoms with van der Waals surface area (Å²) >= 11 is 0. The third-order valence-electron chi connectivity index (χ3n) is 6.27. The molecule has 0 fully saturated rings. The van der Waals surface area contributed by atoms with Gasteiger partial charge in [-0.2, -0.15) is 36.5 Å². The van der Waals surface area contributed by atoms with Crippen molar-refractivity contribution in [2.75, 3.05) is 0 Å². The summed E-state index contributed by atoms with van der Waals surface area (Å²) in [4.78, 5) is 0. The molecule has 0 saturated carbocycles. The summed E-state index contributed by atoms with van der Waals surface area (Å²) in [6, 6.07) is 7.34. The Morgan fingerprint density at radius 3 is 1.35 bits per heavy atom. The van der Waals surface area contributed by atoms with Gasteiger partial charge in [0.05, 0.1) is 11.4 Å². The Hall–Kier alpha value is -3.30. The van der Waals surface area contributed by atoms with Gasteiger partial charge >= 0.3 is 12.4 Å². The van der Waals surface area contributed by atoms with E-state index in [4.69, 9.17) is 0 Å². The number of nitrogens with one attached hydrogen (secondary N) is 2. The summed E-state index contributed by atoms with van der Waals surface area (Å²) in [5.41, 5.74) is 2.67. The lowest BCUT2D eigenvalue weighted by molar-refractivity contribution is -0.142. The molecule has 0 radical (unpaired) electrons. The van der Waals surface area contributed by atoms with Crippen LogP contribution in [0.15, 0.2) is 24.3 Å². The molecule has 0 unspecified atom stereocenters. The van der Waals surface area contributed by atoms with E-state index < -0.39 is 23.7 Å². The summed E-state index contributed by atoms with van der Waals surface area (Å²) in [6.07, 6.45) is -2.13. The molecule has 0 aliphatic heterocycles. The Bertz CT molecular complexity index is 1170. The molecule has 34 heavy (non-hydrogen) atoms. The molecule has 2 aliphatic carbocycles. The summed E-state index contributed by atoms with van der Waals surface area (Å²) in [5, 5.41) is 12.1. The quantitative estimate of drug-likeness (QED) is 0.393. The number of aromatic nitrogens is 4. The highest BCUT2D eigenvalue weighted by Crippen LogP contribution is 2.40. The summed E-state index contributed by atoms with van der Waals surface area (Å²) in [7, 11) is 0.